The third-order valence-electron chi connectivity index (χ3n) is 3.43. The van der Waals surface area contributed by atoms with Gasteiger partial charge in [0, 0.05) is 10.6 Å². The molecule has 0 saturated carbocycles. The maximum atomic E-state index is 12.0. The molecule has 0 radical (unpaired) electrons. The Hall–Kier alpha value is -2.71. The van der Waals surface area contributed by atoms with E-state index in [4.69, 9.17) is 26.9 Å². The van der Waals surface area contributed by atoms with Crippen molar-refractivity contribution in [2.24, 2.45) is 0 Å². The minimum Gasteiger partial charge on any atom is -0.494 e. The summed E-state index contributed by atoms with van der Waals surface area (Å²) in [7, 11) is 0. The summed E-state index contributed by atoms with van der Waals surface area (Å²) >= 11 is 7.13. The maximum Gasteiger partial charge on any atom is 0.321 e. The van der Waals surface area contributed by atoms with Crippen LogP contribution < -0.4 is 15.3 Å². The number of thioether (sulfide) groups is 1. The van der Waals surface area contributed by atoms with Crippen LogP contribution in [0.15, 0.2) is 53.7 Å². The largest absolute Gasteiger partial charge is 0.494 e. The monoisotopic (exact) mass is 404 g/mol. The molecule has 2 N–H and O–H groups in total. The summed E-state index contributed by atoms with van der Waals surface area (Å²) in [5, 5.41) is 9.04. The third kappa shape index (κ3) is 4.93. The van der Waals surface area contributed by atoms with E-state index in [1.165, 1.54) is 4.68 Å². The van der Waals surface area contributed by atoms with Crippen LogP contribution in [0.5, 0.6) is 11.5 Å². The third-order valence-corrected chi connectivity index (χ3v) is 4.58. The Labute approximate surface area is 165 Å². The number of rotatable bonds is 7. The Morgan fingerprint density at radius 3 is 2.63 bits per heavy atom. The van der Waals surface area contributed by atoms with E-state index >= 15 is 0 Å². The molecule has 3 rings (SSSR count). The van der Waals surface area contributed by atoms with Gasteiger partial charge in [-0.3, -0.25) is 4.79 Å². The smallest absolute Gasteiger partial charge is 0.321 e. The Bertz CT molecular complexity index is 931. The molecule has 0 amide bonds. The van der Waals surface area contributed by atoms with Gasteiger partial charge in [-0.2, -0.15) is 0 Å². The zero-order valence-corrected chi connectivity index (χ0v) is 16.0. The van der Waals surface area contributed by atoms with Crippen LogP contribution in [0.2, 0.25) is 5.02 Å². The molecule has 2 aromatic carbocycles. The van der Waals surface area contributed by atoms with Gasteiger partial charge >= 0.3 is 5.97 Å². The SMILES string of the molecule is CCOc1ccc(OC(=O)CSc2nnc(-c3cccc(Cl)c3)n2N)cc1. The number of halogens is 1. The summed E-state index contributed by atoms with van der Waals surface area (Å²) in [5.41, 5.74) is 0.737. The number of benzene rings is 2. The molecule has 7 nitrogen and oxygen atoms in total. The number of esters is 1. The first-order valence-corrected chi connectivity index (χ1v) is 9.46. The second kappa shape index (κ2) is 8.79. The molecule has 1 heterocycles. The highest BCUT2D eigenvalue weighted by atomic mass is 35.5. The topological polar surface area (TPSA) is 92.3 Å². The van der Waals surface area contributed by atoms with Gasteiger partial charge < -0.3 is 15.3 Å². The highest BCUT2D eigenvalue weighted by Crippen LogP contribution is 2.24. The van der Waals surface area contributed by atoms with Crippen molar-refractivity contribution in [3.05, 3.63) is 53.6 Å². The fourth-order valence-corrected chi connectivity index (χ4v) is 3.08. The molecule has 0 spiro atoms. The van der Waals surface area contributed by atoms with Crippen LogP contribution in [0.4, 0.5) is 0 Å². The predicted octanol–water partition coefficient (Wildman–Crippen LogP) is 3.41. The van der Waals surface area contributed by atoms with Crippen LogP contribution in [0.3, 0.4) is 0 Å². The van der Waals surface area contributed by atoms with Crippen LogP contribution in [0, 0.1) is 0 Å². The van der Waals surface area contributed by atoms with Crippen LogP contribution in [0.25, 0.3) is 11.4 Å². The van der Waals surface area contributed by atoms with Crippen molar-refractivity contribution in [1.29, 1.82) is 0 Å². The summed E-state index contributed by atoms with van der Waals surface area (Å²) in [6.07, 6.45) is 0. The van der Waals surface area contributed by atoms with E-state index < -0.39 is 5.97 Å². The molecular weight excluding hydrogens is 388 g/mol. The molecule has 0 saturated heterocycles. The van der Waals surface area contributed by atoms with Crippen molar-refractivity contribution >= 4 is 29.3 Å². The maximum absolute atomic E-state index is 12.0. The van der Waals surface area contributed by atoms with Gasteiger partial charge in [0.2, 0.25) is 5.16 Å². The minimum absolute atomic E-state index is 0.0398. The molecular formula is C18H17ClN4O3S. The van der Waals surface area contributed by atoms with Crippen molar-refractivity contribution < 1.29 is 14.3 Å². The van der Waals surface area contributed by atoms with Gasteiger partial charge in [-0.05, 0) is 43.3 Å². The molecule has 3 aromatic rings. The van der Waals surface area contributed by atoms with Gasteiger partial charge in [-0.1, -0.05) is 35.5 Å². The van der Waals surface area contributed by atoms with Crippen molar-refractivity contribution in [2.75, 3.05) is 18.2 Å². The normalized spacial score (nSPS) is 10.6. The van der Waals surface area contributed by atoms with Gasteiger partial charge in [0.05, 0.1) is 12.4 Å². The fourth-order valence-electron chi connectivity index (χ4n) is 2.25. The van der Waals surface area contributed by atoms with Crippen LogP contribution in [-0.2, 0) is 4.79 Å². The molecule has 1 aromatic heterocycles. The average Bonchev–Trinajstić information content (AvgIpc) is 3.02. The van der Waals surface area contributed by atoms with E-state index in [9.17, 15) is 4.79 Å². The fraction of sp³-hybridized carbons (Fsp3) is 0.167. The van der Waals surface area contributed by atoms with Crippen LogP contribution in [-0.4, -0.2) is 33.2 Å². The van der Waals surface area contributed by atoms with Crippen molar-refractivity contribution in [3.8, 4) is 22.9 Å². The lowest BCUT2D eigenvalue weighted by Crippen LogP contribution is -2.14. The van der Waals surface area contributed by atoms with Gasteiger partial charge in [0.25, 0.3) is 0 Å². The molecule has 9 heteroatoms. The number of carbonyl (C=O) groups excluding carboxylic acids is 1. The van der Waals surface area contributed by atoms with E-state index in [0.717, 1.165) is 23.1 Å². The number of aromatic nitrogens is 3. The van der Waals surface area contributed by atoms with Crippen LogP contribution in [0.1, 0.15) is 6.92 Å². The summed E-state index contributed by atoms with van der Waals surface area (Å²) in [6.45, 7) is 2.48. The zero-order valence-electron chi connectivity index (χ0n) is 14.5. The molecule has 0 unspecified atom stereocenters. The molecule has 0 fully saturated rings. The average molecular weight is 405 g/mol. The van der Waals surface area contributed by atoms with E-state index in [2.05, 4.69) is 10.2 Å². The molecule has 0 aliphatic carbocycles. The van der Waals surface area contributed by atoms with Crippen molar-refractivity contribution in [1.82, 2.24) is 14.9 Å². The number of nitrogen functional groups attached to an aromatic ring is 1. The highest BCUT2D eigenvalue weighted by molar-refractivity contribution is 7.99. The summed E-state index contributed by atoms with van der Waals surface area (Å²) in [6, 6.07) is 14.0. The lowest BCUT2D eigenvalue weighted by molar-refractivity contribution is -0.131. The van der Waals surface area contributed by atoms with Gasteiger partial charge in [-0.15, -0.1) is 10.2 Å². The Morgan fingerprint density at radius 2 is 1.93 bits per heavy atom. The molecule has 140 valence electrons. The second-order valence-electron chi connectivity index (χ2n) is 5.35. The van der Waals surface area contributed by atoms with E-state index in [1.807, 2.05) is 13.0 Å². The Balaban J connectivity index is 1.59. The van der Waals surface area contributed by atoms with E-state index in [-0.39, 0.29) is 5.75 Å². The Kier molecular flexibility index (Phi) is 6.20. The summed E-state index contributed by atoms with van der Waals surface area (Å²) < 4.78 is 12.0. The summed E-state index contributed by atoms with van der Waals surface area (Å²) in [5.74, 6) is 7.27. The lowest BCUT2D eigenvalue weighted by Gasteiger charge is -2.06. The quantitative estimate of drug-likeness (QED) is 0.279. The minimum atomic E-state index is -0.420. The van der Waals surface area contributed by atoms with Gasteiger partial charge in [-0.25, -0.2) is 4.68 Å². The molecule has 27 heavy (non-hydrogen) atoms. The van der Waals surface area contributed by atoms with Gasteiger partial charge in [0.15, 0.2) is 5.82 Å². The van der Waals surface area contributed by atoms with E-state index in [0.29, 0.717) is 28.4 Å². The van der Waals surface area contributed by atoms with Crippen molar-refractivity contribution in [3.63, 3.8) is 0 Å². The second-order valence-corrected chi connectivity index (χ2v) is 6.73. The summed E-state index contributed by atoms with van der Waals surface area (Å²) in [4.78, 5) is 12.0. The Morgan fingerprint density at radius 1 is 1.19 bits per heavy atom. The molecule has 0 atom stereocenters. The van der Waals surface area contributed by atoms with E-state index in [1.54, 1.807) is 42.5 Å². The number of nitrogens with zero attached hydrogens (tertiary/aromatic N) is 3. The predicted molar refractivity (Wildman–Crippen MR) is 105 cm³/mol. The number of nitrogens with two attached hydrogens (primary N) is 1. The highest BCUT2D eigenvalue weighted by Gasteiger charge is 2.15. The molecule has 0 aliphatic rings. The number of carbonyl (C=O) groups is 1. The van der Waals surface area contributed by atoms with Gasteiger partial charge in [0.1, 0.15) is 11.5 Å². The standard InChI is InChI=1S/C18H17ClN4O3S/c1-2-25-14-6-8-15(9-7-14)26-16(24)11-27-18-22-21-17(23(18)20)12-4-3-5-13(19)10-12/h3-10H,2,11,20H2,1H3. The lowest BCUT2D eigenvalue weighted by atomic mass is 10.2. The van der Waals surface area contributed by atoms with Crippen LogP contribution >= 0.6 is 23.4 Å². The first kappa shape index (κ1) is 19.1. The number of ether oxygens (including phenoxy) is 2. The van der Waals surface area contributed by atoms with Crippen molar-refractivity contribution in [2.45, 2.75) is 12.1 Å². The number of hydrogen-bond donors (Lipinski definition) is 1. The first-order chi connectivity index (χ1) is 13.1. The molecule has 0 bridgehead atoms. The number of hydrogen-bond acceptors (Lipinski definition) is 7. The molecule has 0 aliphatic heterocycles. The first-order valence-electron chi connectivity index (χ1n) is 8.09. The zero-order chi connectivity index (χ0) is 19.2.